The highest BCUT2D eigenvalue weighted by Gasteiger charge is 2.34. The molecule has 1 saturated heterocycles. The summed E-state index contributed by atoms with van der Waals surface area (Å²) in [6.07, 6.45) is 3.90. The molecule has 3 heteroatoms. The smallest absolute Gasteiger partial charge is 0.0462 e. The largest absolute Gasteiger partial charge is 0.298 e. The van der Waals surface area contributed by atoms with Crippen LogP contribution in [0, 0.1) is 5.41 Å². The van der Waals surface area contributed by atoms with Crippen LogP contribution < -0.4 is 0 Å². The van der Waals surface area contributed by atoms with Crippen molar-refractivity contribution in [1.82, 2.24) is 4.90 Å². The number of hydrogen-bond donors (Lipinski definition) is 0. The van der Waals surface area contributed by atoms with Crippen molar-refractivity contribution in [3.63, 3.8) is 0 Å². The molecule has 1 nitrogen and oxygen atoms in total. The fourth-order valence-corrected chi connectivity index (χ4v) is 3.61. The molecular weight excluding hydrogens is 310 g/mol. The Morgan fingerprint density at radius 1 is 1.33 bits per heavy atom. The maximum Gasteiger partial charge on any atom is 0.0462 e. The van der Waals surface area contributed by atoms with Gasteiger partial charge in [0.05, 0.1) is 0 Å². The number of halogens is 2. The van der Waals surface area contributed by atoms with E-state index in [9.17, 15) is 0 Å². The van der Waals surface area contributed by atoms with E-state index in [4.69, 9.17) is 11.6 Å². The lowest BCUT2D eigenvalue weighted by Gasteiger charge is -2.26. The van der Waals surface area contributed by atoms with Crippen LogP contribution in [-0.2, 0) is 6.54 Å². The summed E-state index contributed by atoms with van der Waals surface area (Å²) in [5, 5.41) is 0.870. The average molecular weight is 331 g/mol. The minimum Gasteiger partial charge on any atom is -0.298 e. The van der Waals surface area contributed by atoms with Crippen molar-refractivity contribution in [2.75, 3.05) is 13.1 Å². The van der Waals surface area contributed by atoms with Crippen molar-refractivity contribution in [3.8, 4) is 0 Å². The highest BCUT2D eigenvalue weighted by atomic mass is 79.9. The summed E-state index contributed by atoms with van der Waals surface area (Å²) in [4.78, 5) is 2.54. The summed E-state index contributed by atoms with van der Waals surface area (Å²) in [5.41, 5.74) is 1.78. The van der Waals surface area contributed by atoms with Crippen LogP contribution in [0.3, 0.4) is 0 Å². The fraction of sp³-hybridized carbons (Fsp3) is 0.600. The second-order valence-electron chi connectivity index (χ2n) is 5.40. The molecule has 0 unspecified atom stereocenters. The average Bonchev–Trinajstić information content (AvgIpc) is 2.77. The topological polar surface area (TPSA) is 3.24 Å². The van der Waals surface area contributed by atoms with Crippen LogP contribution in [0.4, 0.5) is 0 Å². The van der Waals surface area contributed by atoms with Crippen molar-refractivity contribution in [2.45, 2.75) is 39.7 Å². The molecule has 1 aromatic carbocycles. The lowest BCUT2D eigenvalue weighted by molar-refractivity contribution is 0.236. The minimum atomic E-state index is 0.543. The van der Waals surface area contributed by atoms with E-state index in [-0.39, 0.29) is 0 Å². The van der Waals surface area contributed by atoms with Crippen molar-refractivity contribution in [1.29, 1.82) is 0 Å². The predicted octanol–water partition coefficient (Wildman–Crippen LogP) is 5.11. The minimum absolute atomic E-state index is 0.543. The van der Waals surface area contributed by atoms with Gasteiger partial charge in [-0.05, 0) is 48.9 Å². The van der Waals surface area contributed by atoms with Crippen molar-refractivity contribution in [2.24, 2.45) is 5.41 Å². The molecule has 100 valence electrons. The molecule has 18 heavy (non-hydrogen) atoms. The van der Waals surface area contributed by atoms with Crippen molar-refractivity contribution < 1.29 is 0 Å². The first kappa shape index (κ1) is 14.4. The summed E-state index contributed by atoms with van der Waals surface area (Å²) in [6.45, 7) is 8.04. The SMILES string of the molecule is CCC1(CC)CCN(Cc2ccc(Br)cc2Cl)C1. The summed E-state index contributed by atoms with van der Waals surface area (Å²) < 4.78 is 1.05. The monoisotopic (exact) mass is 329 g/mol. The van der Waals surface area contributed by atoms with Crippen LogP contribution >= 0.6 is 27.5 Å². The Bertz CT molecular complexity index is 415. The van der Waals surface area contributed by atoms with Crippen LogP contribution in [-0.4, -0.2) is 18.0 Å². The number of likely N-dealkylation sites (tertiary alicyclic amines) is 1. The molecular formula is C15H21BrClN. The third kappa shape index (κ3) is 3.09. The zero-order chi connectivity index (χ0) is 13.2. The Kier molecular flexibility index (Phi) is 4.74. The zero-order valence-electron chi connectivity index (χ0n) is 11.2. The second kappa shape index (κ2) is 5.94. The van der Waals surface area contributed by atoms with E-state index in [1.54, 1.807) is 0 Å². The van der Waals surface area contributed by atoms with Crippen LogP contribution in [0.5, 0.6) is 0 Å². The number of benzene rings is 1. The lowest BCUT2D eigenvalue weighted by atomic mass is 9.82. The first-order chi connectivity index (χ1) is 8.58. The number of rotatable bonds is 4. The quantitative estimate of drug-likeness (QED) is 0.741. The Labute approximate surface area is 124 Å². The summed E-state index contributed by atoms with van der Waals surface area (Å²) in [7, 11) is 0. The molecule has 0 N–H and O–H groups in total. The number of hydrogen-bond acceptors (Lipinski definition) is 1. The highest BCUT2D eigenvalue weighted by Crippen LogP contribution is 2.38. The maximum atomic E-state index is 6.29. The van der Waals surface area contributed by atoms with E-state index < -0.39 is 0 Å². The molecule has 0 aliphatic carbocycles. The molecule has 0 saturated carbocycles. The molecule has 0 bridgehead atoms. The highest BCUT2D eigenvalue weighted by molar-refractivity contribution is 9.10. The molecule has 2 rings (SSSR count). The van der Waals surface area contributed by atoms with E-state index in [0.717, 1.165) is 16.0 Å². The van der Waals surface area contributed by atoms with Gasteiger partial charge in [0.15, 0.2) is 0 Å². The normalized spacial score (nSPS) is 19.3. The van der Waals surface area contributed by atoms with Gasteiger partial charge in [0.25, 0.3) is 0 Å². The summed E-state index contributed by atoms with van der Waals surface area (Å²) >= 11 is 9.74. The van der Waals surface area contributed by atoms with Crippen LogP contribution in [0.15, 0.2) is 22.7 Å². The molecule has 1 aliphatic heterocycles. The van der Waals surface area contributed by atoms with Gasteiger partial charge < -0.3 is 0 Å². The van der Waals surface area contributed by atoms with Gasteiger partial charge in [-0.25, -0.2) is 0 Å². The van der Waals surface area contributed by atoms with Crippen molar-refractivity contribution >= 4 is 27.5 Å². The van der Waals surface area contributed by atoms with E-state index in [1.165, 1.54) is 37.9 Å². The van der Waals surface area contributed by atoms with Gasteiger partial charge >= 0.3 is 0 Å². The third-order valence-electron chi connectivity index (χ3n) is 4.43. The molecule has 0 amide bonds. The third-order valence-corrected chi connectivity index (χ3v) is 5.27. The van der Waals surface area contributed by atoms with Gasteiger partial charge in [-0.1, -0.05) is 47.4 Å². The first-order valence-corrected chi connectivity index (χ1v) is 7.92. The molecule has 0 atom stereocenters. The zero-order valence-corrected chi connectivity index (χ0v) is 13.5. The molecule has 1 aliphatic rings. The maximum absolute atomic E-state index is 6.29. The predicted molar refractivity (Wildman–Crippen MR) is 82.1 cm³/mol. The Balaban J connectivity index is 2.03. The Morgan fingerprint density at radius 3 is 2.61 bits per heavy atom. The van der Waals surface area contributed by atoms with E-state index in [1.807, 2.05) is 6.07 Å². The Hall–Kier alpha value is -0.0500. The second-order valence-corrected chi connectivity index (χ2v) is 6.73. The number of nitrogens with zero attached hydrogens (tertiary/aromatic N) is 1. The first-order valence-electron chi connectivity index (χ1n) is 6.75. The fourth-order valence-electron chi connectivity index (χ4n) is 2.88. The van der Waals surface area contributed by atoms with E-state index in [0.29, 0.717) is 5.41 Å². The van der Waals surface area contributed by atoms with Crippen LogP contribution in [0.25, 0.3) is 0 Å². The molecule has 1 fully saturated rings. The van der Waals surface area contributed by atoms with E-state index >= 15 is 0 Å². The van der Waals surface area contributed by atoms with Crippen LogP contribution in [0.1, 0.15) is 38.7 Å². The molecule has 0 radical (unpaired) electrons. The Morgan fingerprint density at radius 2 is 2.06 bits per heavy atom. The summed E-state index contributed by atoms with van der Waals surface area (Å²) in [5.74, 6) is 0. The molecule has 1 heterocycles. The molecule has 0 aromatic heterocycles. The van der Waals surface area contributed by atoms with Gasteiger partial charge in [0, 0.05) is 22.6 Å². The van der Waals surface area contributed by atoms with Gasteiger partial charge in [-0.15, -0.1) is 0 Å². The van der Waals surface area contributed by atoms with Gasteiger partial charge in [0.1, 0.15) is 0 Å². The summed E-state index contributed by atoms with van der Waals surface area (Å²) in [6, 6.07) is 6.19. The van der Waals surface area contributed by atoms with Gasteiger partial charge in [-0.2, -0.15) is 0 Å². The van der Waals surface area contributed by atoms with Crippen molar-refractivity contribution in [3.05, 3.63) is 33.3 Å². The van der Waals surface area contributed by atoms with Gasteiger partial charge in [0.2, 0.25) is 0 Å². The molecule has 1 aromatic rings. The van der Waals surface area contributed by atoms with Gasteiger partial charge in [-0.3, -0.25) is 4.90 Å². The van der Waals surface area contributed by atoms with Crippen LogP contribution in [0.2, 0.25) is 5.02 Å². The lowest BCUT2D eigenvalue weighted by Crippen LogP contribution is -2.26. The standard InChI is InChI=1S/C15H21BrClN/c1-3-15(4-2)7-8-18(11-15)10-12-5-6-13(16)9-14(12)17/h5-6,9H,3-4,7-8,10-11H2,1-2H3. The van der Waals surface area contributed by atoms with E-state index in [2.05, 4.69) is 46.8 Å². The molecule has 0 spiro atoms.